The van der Waals surface area contributed by atoms with E-state index in [1.165, 1.54) is 10.8 Å². The van der Waals surface area contributed by atoms with E-state index in [1.54, 1.807) is 11.8 Å². The van der Waals surface area contributed by atoms with E-state index in [2.05, 4.69) is 12.1 Å². The van der Waals surface area contributed by atoms with Gasteiger partial charge < -0.3 is 0 Å². The Morgan fingerprint density at radius 1 is 1.15 bits per heavy atom. The lowest BCUT2D eigenvalue weighted by atomic mass is 10.1. The van der Waals surface area contributed by atoms with Crippen molar-refractivity contribution in [3.63, 3.8) is 0 Å². The highest BCUT2D eigenvalue weighted by atomic mass is 16.6. The summed E-state index contributed by atoms with van der Waals surface area (Å²) in [4.78, 5) is 5.17. The van der Waals surface area contributed by atoms with Crippen LogP contribution < -0.4 is 9.57 Å². The molecule has 0 amide bonds. The Bertz CT molecular complexity index is 437. The molecule has 66 valence electrons. The Hall–Kier alpha value is -1.57. The first-order valence-electron chi connectivity index (χ1n) is 4.27. The Morgan fingerprint density at radius 3 is 2.69 bits per heavy atom. The normalized spacial score (nSPS) is 10.3. The number of hydrogen-bond acceptors (Lipinski definition) is 1. The molecule has 1 aromatic heterocycles. The highest BCUT2D eigenvalue weighted by molar-refractivity contribution is 5.82. The molecule has 0 saturated heterocycles. The monoisotopic (exact) mass is 174 g/mol. The van der Waals surface area contributed by atoms with Crippen molar-refractivity contribution in [3.8, 4) is 0 Å². The van der Waals surface area contributed by atoms with Crippen LogP contribution in [0.25, 0.3) is 10.8 Å². The number of pyridine rings is 1. The lowest BCUT2D eigenvalue weighted by Gasteiger charge is -1.99. The Balaban J connectivity index is 2.79. The van der Waals surface area contributed by atoms with Crippen LogP contribution in [0.1, 0.15) is 5.69 Å². The van der Waals surface area contributed by atoms with Gasteiger partial charge in [-0.15, -0.1) is 0 Å². The first-order chi connectivity index (χ1) is 6.33. The van der Waals surface area contributed by atoms with Crippen molar-refractivity contribution >= 4 is 10.8 Å². The Labute approximate surface area is 77.3 Å². The van der Waals surface area contributed by atoms with Crippen molar-refractivity contribution in [3.05, 3.63) is 42.2 Å². The van der Waals surface area contributed by atoms with Gasteiger partial charge in [0.05, 0.1) is 5.39 Å². The molecule has 1 aromatic carbocycles. The zero-order valence-corrected chi connectivity index (χ0v) is 7.82. The summed E-state index contributed by atoms with van der Waals surface area (Å²) in [5, 5.41) is 2.47. The second-order valence-corrected chi connectivity index (χ2v) is 3.00. The molecule has 0 aliphatic rings. The molecule has 0 bridgehead atoms. The van der Waals surface area contributed by atoms with E-state index in [9.17, 15) is 0 Å². The SMILES string of the molecule is CO[n+]1ccc2ccccc2c1C. The number of nitrogens with zero attached hydrogens (tertiary/aromatic N) is 1. The number of fused-ring (bicyclic) bond motifs is 1. The van der Waals surface area contributed by atoms with Crippen LogP contribution in [0.5, 0.6) is 0 Å². The topological polar surface area (TPSA) is 13.1 Å². The molecule has 2 heteroatoms. The predicted molar refractivity (Wildman–Crippen MR) is 51.4 cm³/mol. The summed E-state index contributed by atoms with van der Waals surface area (Å²) in [6.07, 6.45) is 1.93. The van der Waals surface area contributed by atoms with Crippen molar-refractivity contribution in [2.24, 2.45) is 0 Å². The lowest BCUT2D eigenvalue weighted by Crippen LogP contribution is -2.42. The van der Waals surface area contributed by atoms with Gasteiger partial charge in [-0.05, 0) is 11.5 Å². The van der Waals surface area contributed by atoms with E-state index in [-0.39, 0.29) is 0 Å². The van der Waals surface area contributed by atoms with Crippen LogP contribution in [0.2, 0.25) is 0 Å². The highest BCUT2D eigenvalue weighted by Crippen LogP contribution is 2.13. The van der Waals surface area contributed by atoms with Crippen LogP contribution in [0.3, 0.4) is 0 Å². The van der Waals surface area contributed by atoms with Crippen molar-refractivity contribution in [2.45, 2.75) is 6.92 Å². The number of benzene rings is 1. The third-order valence-electron chi connectivity index (χ3n) is 2.27. The van der Waals surface area contributed by atoms with E-state index in [0.717, 1.165) is 5.69 Å². The van der Waals surface area contributed by atoms with Crippen LogP contribution in [0.4, 0.5) is 0 Å². The first-order valence-corrected chi connectivity index (χ1v) is 4.27. The number of aryl methyl sites for hydroxylation is 1. The van der Waals surface area contributed by atoms with Crippen molar-refractivity contribution < 1.29 is 9.57 Å². The van der Waals surface area contributed by atoms with Gasteiger partial charge in [0.25, 0.3) is 0 Å². The van der Waals surface area contributed by atoms with Gasteiger partial charge in [0.15, 0.2) is 0 Å². The van der Waals surface area contributed by atoms with Gasteiger partial charge in [-0.25, -0.2) is 0 Å². The molecule has 13 heavy (non-hydrogen) atoms. The molecule has 0 fully saturated rings. The second kappa shape index (κ2) is 3.05. The van der Waals surface area contributed by atoms with Crippen molar-refractivity contribution in [1.29, 1.82) is 0 Å². The molecule has 0 aliphatic carbocycles. The molecule has 0 N–H and O–H groups in total. The first kappa shape index (κ1) is 8.05. The minimum absolute atomic E-state index is 1.13. The molecule has 0 atom stereocenters. The molecule has 0 radical (unpaired) electrons. The van der Waals surface area contributed by atoms with Gasteiger partial charge in [0.1, 0.15) is 7.11 Å². The zero-order valence-electron chi connectivity index (χ0n) is 7.82. The summed E-state index contributed by atoms with van der Waals surface area (Å²) >= 11 is 0. The van der Waals surface area contributed by atoms with Gasteiger partial charge >= 0.3 is 0 Å². The third kappa shape index (κ3) is 1.24. The van der Waals surface area contributed by atoms with E-state index in [0.29, 0.717) is 0 Å². The van der Waals surface area contributed by atoms with Crippen molar-refractivity contribution in [1.82, 2.24) is 0 Å². The molecule has 0 unspecified atom stereocenters. The number of rotatable bonds is 1. The smallest absolute Gasteiger partial charge is 0.239 e. The molecule has 2 aromatic rings. The van der Waals surface area contributed by atoms with Crippen LogP contribution >= 0.6 is 0 Å². The van der Waals surface area contributed by atoms with E-state index < -0.39 is 0 Å². The molecule has 2 rings (SSSR count). The average molecular weight is 174 g/mol. The van der Waals surface area contributed by atoms with Crippen LogP contribution in [-0.4, -0.2) is 7.11 Å². The zero-order chi connectivity index (χ0) is 9.26. The van der Waals surface area contributed by atoms with Crippen molar-refractivity contribution in [2.75, 3.05) is 7.11 Å². The fourth-order valence-electron chi connectivity index (χ4n) is 1.55. The van der Waals surface area contributed by atoms with Gasteiger partial charge in [-0.2, -0.15) is 0 Å². The average Bonchev–Trinajstić information content (AvgIpc) is 2.19. The maximum atomic E-state index is 5.17. The number of aromatic nitrogens is 1. The fraction of sp³-hybridized carbons (Fsp3) is 0.182. The molecule has 2 nitrogen and oxygen atoms in total. The number of hydrogen-bond donors (Lipinski definition) is 0. The van der Waals surface area contributed by atoms with E-state index in [1.807, 2.05) is 31.3 Å². The molecule has 0 spiro atoms. The predicted octanol–water partition coefficient (Wildman–Crippen LogP) is 1.49. The Morgan fingerprint density at radius 2 is 1.92 bits per heavy atom. The minimum atomic E-state index is 1.13. The van der Waals surface area contributed by atoms with Gasteiger partial charge in [0.2, 0.25) is 11.9 Å². The summed E-state index contributed by atoms with van der Waals surface area (Å²) in [5.41, 5.74) is 1.13. The summed E-state index contributed by atoms with van der Waals surface area (Å²) < 4.78 is 1.77. The third-order valence-corrected chi connectivity index (χ3v) is 2.27. The standard InChI is InChI=1S/C11H12NO/c1-9-11-6-4-3-5-10(11)7-8-12(9)13-2/h3-8H,1-2H3/q+1. The van der Waals surface area contributed by atoms with Crippen LogP contribution in [-0.2, 0) is 0 Å². The van der Waals surface area contributed by atoms with E-state index >= 15 is 0 Å². The molecule has 1 heterocycles. The molecule has 0 saturated carbocycles. The maximum absolute atomic E-state index is 5.17. The summed E-state index contributed by atoms with van der Waals surface area (Å²) in [6.45, 7) is 2.05. The van der Waals surface area contributed by atoms with E-state index in [4.69, 9.17) is 4.84 Å². The van der Waals surface area contributed by atoms with Crippen LogP contribution in [0.15, 0.2) is 36.5 Å². The molecule has 0 aliphatic heterocycles. The summed E-state index contributed by atoms with van der Waals surface area (Å²) in [7, 11) is 1.67. The van der Waals surface area contributed by atoms with Crippen LogP contribution in [0, 0.1) is 6.92 Å². The van der Waals surface area contributed by atoms with Gasteiger partial charge in [0, 0.05) is 17.7 Å². The lowest BCUT2D eigenvalue weighted by molar-refractivity contribution is -0.888. The maximum Gasteiger partial charge on any atom is 0.239 e. The van der Waals surface area contributed by atoms with Gasteiger partial charge in [-0.3, -0.25) is 4.84 Å². The van der Waals surface area contributed by atoms with Gasteiger partial charge in [-0.1, -0.05) is 18.2 Å². The fourth-order valence-corrected chi connectivity index (χ4v) is 1.55. The largest absolute Gasteiger partial charge is 0.274 e. The summed E-state index contributed by atoms with van der Waals surface area (Å²) in [5.74, 6) is 0. The highest BCUT2D eigenvalue weighted by Gasteiger charge is 2.09. The minimum Gasteiger partial charge on any atom is -0.274 e. The summed E-state index contributed by atoms with van der Waals surface area (Å²) in [6, 6.07) is 10.3. The molecular weight excluding hydrogens is 162 g/mol. The molecular formula is C11H12NO+. The Kier molecular flexibility index (Phi) is 1.89. The second-order valence-electron chi connectivity index (χ2n) is 3.00. The quantitative estimate of drug-likeness (QED) is 0.597.